The highest BCUT2D eigenvalue weighted by Crippen LogP contribution is 2.24. The fourth-order valence-corrected chi connectivity index (χ4v) is 2.92. The molecule has 5 heteroatoms. The molecule has 0 aliphatic rings. The van der Waals surface area contributed by atoms with Crippen LogP contribution in [-0.2, 0) is 0 Å². The predicted octanol–water partition coefficient (Wildman–Crippen LogP) is 5.73. The summed E-state index contributed by atoms with van der Waals surface area (Å²) in [4.78, 5) is 4.34. The molecule has 0 bridgehead atoms. The molecular formula is C24H14F3NO. The van der Waals surface area contributed by atoms with Gasteiger partial charge in [-0.05, 0) is 47.9 Å². The van der Waals surface area contributed by atoms with Gasteiger partial charge in [0.25, 0.3) is 0 Å². The van der Waals surface area contributed by atoms with Gasteiger partial charge in [-0.25, -0.2) is 13.2 Å². The van der Waals surface area contributed by atoms with Crippen LogP contribution in [0.3, 0.4) is 0 Å². The molecule has 0 atom stereocenters. The Morgan fingerprint density at radius 1 is 0.793 bits per heavy atom. The van der Waals surface area contributed by atoms with Crippen molar-refractivity contribution in [2.45, 2.75) is 0 Å². The minimum atomic E-state index is -1.47. The highest BCUT2D eigenvalue weighted by molar-refractivity contribution is 5.84. The number of hydrogen-bond acceptors (Lipinski definition) is 2. The smallest absolute Gasteiger partial charge is 0.195 e. The predicted molar refractivity (Wildman–Crippen MR) is 106 cm³/mol. The minimum absolute atomic E-state index is 0.0193. The lowest BCUT2D eigenvalue weighted by Crippen LogP contribution is -1.92. The SMILES string of the molecule is COc1ccc(-c2ccc(C#Cc3ccc4c(F)c(F)c(F)cc4c3)cc2)nc1. The lowest BCUT2D eigenvalue weighted by Gasteiger charge is -2.03. The van der Waals surface area contributed by atoms with E-state index in [1.807, 2.05) is 36.4 Å². The summed E-state index contributed by atoms with van der Waals surface area (Å²) in [5.74, 6) is 2.78. The zero-order chi connectivity index (χ0) is 20.4. The number of benzene rings is 3. The van der Waals surface area contributed by atoms with E-state index in [1.54, 1.807) is 19.4 Å². The molecule has 0 radical (unpaired) electrons. The summed E-state index contributed by atoms with van der Waals surface area (Å²) in [5, 5.41) is 0.278. The Bertz CT molecular complexity index is 1250. The number of fused-ring (bicyclic) bond motifs is 1. The molecule has 0 N–H and O–H groups in total. The number of nitrogens with zero attached hydrogens (tertiary/aromatic N) is 1. The highest BCUT2D eigenvalue weighted by Gasteiger charge is 2.13. The third-order valence-electron chi connectivity index (χ3n) is 4.48. The highest BCUT2D eigenvalue weighted by atomic mass is 19.2. The third kappa shape index (κ3) is 3.78. The van der Waals surface area contributed by atoms with Crippen molar-refractivity contribution < 1.29 is 17.9 Å². The molecule has 3 aromatic carbocycles. The van der Waals surface area contributed by atoms with Crippen molar-refractivity contribution in [1.82, 2.24) is 4.98 Å². The van der Waals surface area contributed by atoms with E-state index in [4.69, 9.17) is 4.74 Å². The minimum Gasteiger partial charge on any atom is -0.495 e. The Labute approximate surface area is 165 Å². The van der Waals surface area contributed by atoms with Crippen LogP contribution >= 0.6 is 0 Å². The van der Waals surface area contributed by atoms with E-state index in [-0.39, 0.29) is 10.8 Å². The van der Waals surface area contributed by atoms with Crippen LogP contribution in [0.25, 0.3) is 22.0 Å². The summed E-state index contributed by atoms with van der Waals surface area (Å²) in [7, 11) is 1.59. The van der Waals surface area contributed by atoms with E-state index in [0.717, 1.165) is 22.9 Å². The van der Waals surface area contributed by atoms with Crippen molar-refractivity contribution in [2.75, 3.05) is 7.11 Å². The fourth-order valence-electron chi connectivity index (χ4n) is 2.92. The molecule has 1 heterocycles. The molecule has 0 spiro atoms. The fraction of sp³-hybridized carbons (Fsp3) is 0.0417. The van der Waals surface area contributed by atoms with Gasteiger partial charge in [0, 0.05) is 22.1 Å². The number of rotatable bonds is 2. The van der Waals surface area contributed by atoms with Gasteiger partial charge in [-0.2, -0.15) is 0 Å². The van der Waals surface area contributed by atoms with Crippen LogP contribution in [-0.4, -0.2) is 12.1 Å². The first-order chi connectivity index (χ1) is 14.0. The Hall–Kier alpha value is -3.78. The zero-order valence-electron chi connectivity index (χ0n) is 15.3. The first-order valence-electron chi connectivity index (χ1n) is 8.75. The van der Waals surface area contributed by atoms with Crippen LogP contribution in [0.5, 0.6) is 5.75 Å². The van der Waals surface area contributed by atoms with Gasteiger partial charge in [0.1, 0.15) is 5.75 Å². The molecule has 4 rings (SSSR count). The molecule has 0 aliphatic heterocycles. The number of hydrogen-bond donors (Lipinski definition) is 0. The molecule has 0 amide bonds. The van der Waals surface area contributed by atoms with Crippen LogP contribution in [0.15, 0.2) is 66.9 Å². The molecule has 0 fully saturated rings. The Morgan fingerprint density at radius 2 is 1.52 bits per heavy atom. The second-order valence-corrected chi connectivity index (χ2v) is 6.33. The maximum atomic E-state index is 13.8. The topological polar surface area (TPSA) is 22.1 Å². The third-order valence-corrected chi connectivity index (χ3v) is 4.48. The van der Waals surface area contributed by atoms with Gasteiger partial charge < -0.3 is 4.74 Å². The molecule has 1 aromatic heterocycles. The molecule has 0 saturated carbocycles. The van der Waals surface area contributed by atoms with Crippen molar-refractivity contribution in [2.24, 2.45) is 0 Å². The molecule has 142 valence electrons. The van der Waals surface area contributed by atoms with Gasteiger partial charge in [-0.3, -0.25) is 4.98 Å². The van der Waals surface area contributed by atoms with E-state index in [9.17, 15) is 13.2 Å². The summed E-state index contributed by atoms with van der Waals surface area (Å²) in [6.07, 6.45) is 1.65. The Morgan fingerprint density at radius 3 is 2.21 bits per heavy atom. The van der Waals surface area contributed by atoms with Crippen LogP contribution < -0.4 is 4.74 Å². The van der Waals surface area contributed by atoms with Crippen molar-refractivity contribution in [1.29, 1.82) is 0 Å². The standard InChI is InChI=1S/C24H14F3NO/c1-29-19-9-11-22(28-14-19)17-7-4-15(5-8-17)2-3-16-6-10-20-18(12-16)13-21(25)24(27)23(20)26/h4-14H,1H3. The number of aromatic nitrogens is 1. The van der Waals surface area contributed by atoms with Gasteiger partial charge in [-0.1, -0.05) is 30.0 Å². The van der Waals surface area contributed by atoms with E-state index in [0.29, 0.717) is 11.3 Å². The van der Waals surface area contributed by atoms with Crippen molar-refractivity contribution >= 4 is 10.8 Å². The molecule has 0 saturated heterocycles. The van der Waals surface area contributed by atoms with Crippen LogP contribution in [0.2, 0.25) is 0 Å². The summed E-state index contributed by atoms with van der Waals surface area (Å²) < 4.78 is 45.7. The molecule has 4 aromatic rings. The summed E-state index contributed by atoms with van der Waals surface area (Å²) in [6, 6.07) is 16.7. The average molecular weight is 389 g/mol. The second kappa shape index (κ2) is 7.69. The second-order valence-electron chi connectivity index (χ2n) is 6.33. The Balaban J connectivity index is 1.59. The quantitative estimate of drug-likeness (QED) is 0.323. The maximum Gasteiger partial charge on any atom is 0.195 e. The molecular weight excluding hydrogens is 375 g/mol. The first kappa shape index (κ1) is 18.6. The van der Waals surface area contributed by atoms with Crippen LogP contribution in [0, 0.1) is 29.3 Å². The van der Waals surface area contributed by atoms with Gasteiger partial charge >= 0.3 is 0 Å². The Kier molecular flexibility index (Phi) is 4.92. The monoisotopic (exact) mass is 389 g/mol. The summed E-state index contributed by atoms with van der Waals surface area (Å²) >= 11 is 0. The van der Waals surface area contributed by atoms with Crippen LogP contribution in [0.1, 0.15) is 11.1 Å². The average Bonchev–Trinajstić information content (AvgIpc) is 2.76. The number of methoxy groups -OCH3 is 1. The van der Waals surface area contributed by atoms with Crippen LogP contribution in [0.4, 0.5) is 13.2 Å². The van der Waals surface area contributed by atoms with Crippen molar-refractivity contribution in [3.63, 3.8) is 0 Å². The lowest BCUT2D eigenvalue weighted by atomic mass is 10.1. The van der Waals surface area contributed by atoms with Gasteiger partial charge in [0.2, 0.25) is 0 Å². The molecule has 0 aliphatic carbocycles. The lowest BCUT2D eigenvalue weighted by molar-refractivity contribution is 0.413. The first-order valence-corrected chi connectivity index (χ1v) is 8.75. The molecule has 2 nitrogen and oxygen atoms in total. The summed E-state index contributed by atoms with van der Waals surface area (Å²) in [6.45, 7) is 0. The zero-order valence-corrected chi connectivity index (χ0v) is 15.3. The van der Waals surface area contributed by atoms with Crippen molar-refractivity contribution in [3.8, 4) is 28.8 Å². The molecule has 29 heavy (non-hydrogen) atoms. The number of pyridine rings is 1. The largest absolute Gasteiger partial charge is 0.495 e. The van der Waals surface area contributed by atoms with E-state index < -0.39 is 17.5 Å². The summed E-state index contributed by atoms with van der Waals surface area (Å²) in [5.41, 5.74) is 3.11. The van der Waals surface area contributed by atoms with E-state index in [2.05, 4.69) is 16.8 Å². The number of halogens is 3. The molecule has 0 unspecified atom stereocenters. The number of ether oxygens (including phenoxy) is 1. The van der Waals surface area contributed by atoms with E-state index in [1.165, 1.54) is 12.1 Å². The maximum absolute atomic E-state index is 13.8. The van der Waals surface area contributed by atoms with E-state index >= 15 is 0 Å². The van der Waals surface area contributed by atoms with Gasteiger partial charge in [0.15, 0.2) is 17.5 Å². The van der Waals surface area contributed by atoms with Gasteiger partial charge in [-0.15, -0.1) is 0 Å². The van der Waals surface area contributed by atoms with Gasteiger partial charge in [0.05, 0.1) is 19.0 Å². The van der Waals surface area contributed by atoms with Crippen molar-refractivity contribution in [3.05, 3.63) is 95.4 Å². The normalized spacial score (nSPS) is 10.5.